The zero-order chi connectivity index (χ0) is 13.6. The average Bonchev–Trinajstić information content (AvgIpc) is 2.98. The second-order valence-electron chi connectivity index (χ2n) is 3.84. The number of alkyl halides is 3. The van der Waals surface area contributed by atoms with Crippen molar-refractivity contribution < 1.29 is 17.6 Å². The van der Waals surface area contributed by atoms with Crippen LogP contribution in [-0.4, -0.2) is 20.0 Å². The maximum Gasteiger partial charge on any atom is 0.418 e. The van der Waals surface area contributed by atoms with Crippen molar-refractivity contribution in [2.45, 2.75) is 6.18 Å². The Morgan fingerprint density at radius 2 is 1.84 bits per heavy atom. The Labute approximate surface area is 103 Å². The molecule has 0 radical (unpaired) electrons. The van der Waals surface area contributed by atoms with E-state index < -0.39 is 17.6 Å². The van der Waals surface area contributed by atoms with Crippen molar-refractivity contribution in [3.8, 4) is 5.69 Å². The zero-order valence-corrected chi connectivity index (χ0v) is 9.24. The number of hydrogen-bond acceptors (Lipinski definition) is 2. The molecule has 2 heterocycles. The molecule has 3 aromatic rings. The van der Waals surface area contributed by atoms with E-state index in [1.807, 2.05) is 0 Å². The second kappa shape index (κ2) is 3.81. The van der Waals surface area contributed by atoms with Crippen molar-refractivity contribution in [1.82, 2.24) is 20.0 Å². The Morgan fingerprint density at radius 3 is 2.47 bits per heavy atom. The molecule has 0 bridgehead atoms. The summed E-state index contributed by atoms with van der Waals surface area (Å²) in [4.78, 5) is 3.39. The highest BCUT2D eigenvalue weighted by atomic mass is 19.4. The average molecular weight is 270 g/mol. The van der Waals surface area contributed by atoms with Crippen molar-refractivity contribution in [2.75, 3.05) is 0 Å². The summed E-state index contributed by atoms with van der Waals surface area (Å²) in [5.41, 5.74) is -1.43. The van der Waals surface area contributed by atoms with Gasteiger partial charge in [0.2, 0.25) is 0 Å². The molecule has 0 amide bonds. The Bertz CT molecular complexity index is 727. The lowest BCUT2D eigenvalue weighted by molar-refractivity contribution is -0.137. The van der Waals surface area contributed by atoms with Gasteiger partial charge in [-0.15, -0.1) is 0 Å². The first-order chi connectivity index (χ1) is 8.98. The van der Waals surface area contributed by atoms with Crippen molar-refractivity contribution in [2.24, 2.45) is 0 Å². The quantitative estimate of drug-likeness (QED) is 0.691. The van der Waals surface area contributed by atoms with Gasteiger partial charge in [0.15, 0.2) is 0 Å². The molecule has 19 heavy (non-hydrogen) atoms. The van der Waals surface area contributed by atoms with Crippen LogP contribution in [0.25, 0.3) is 16.6 Å². The fourth-order valence-corrected chi connectivity index (χ4v) is 1.94. The summed E-state index contributed by atoms with van der Waals surface area (Å²) < 4.78 is 52.7. The van der Waals surface area contributed by atoms with Crippen molar-refractivity contribution in [1.29, 1.82) is 0 Å². The zero-order valence-electron chi connectivity index (χ0n) is 9.24. The molecule has 0 aliphatic heterocycles. The van der Waals surface area contributed by atoms with Gasteiger partial charge in [0.1, 0.15) is 11.5 Å². The van der Waals surface area contributed by atoms with Gasteiger partial charge in [-0.05, 0) is 12.1 Å². The minimum absolute atomic E-state index is 0.0136. The minimum Gasteiger partial charge on any atom is -0.359 e. The molecule has 98 valence electrons. The van der Waals surface area contributed by atoms with Crippen LogP contribution in [0.3, 0.4) is 0 Å². The lowest BCUT2D eigenvalue weighted by Crippen LogP contribution is -2.13. The third-order valence-electron chi connectivity index (χ3n) is 2.69. The molecule has 1 aromatic carbocycles. The first-order valence-electron chi connectivity index (χ1n) is 5.22. The molecular formula is C11H6F4N4. The molecule has 0 spiro atoms. The highest BCUT2D eigenvalue weighted by molar-refractivity contribution is 5.90. The van der Waals surface area contributed by atoms with Crippen molar-refractivity contribution >= 4 is 10.9 Å². The fourth-order valence-electron chi connectivity index (χ4n) is 1.94. The largest absolute Gasteiger partial charge is 0.418 e. The summed E-state index contributed by atoms with van der Waals surface area (Å²) in [5, 5.41) is 7.45. The highest BCUT2D eigenvalue weighted by Crippen LogP contribution is 2.38. The third kappa shape index (κ3) is 1.76. The van der Waals surface area contributed by atoms with E-state index in [-0.39, 0.29) is 16.6 Å². The van der Waals surface area contributed by atoms with Crippen molar-refractivity contribution in [3.05, 3.63) is 42.1 Å². The van der Waals surface area contributed by atoms with Crippen LogP contribution in [0, 0.1) is 5.82 Å². The summed E-state index contributed by atoms with van der Waals surface area (Å²) in [6.07, 6.45) is -0.833. The molecule has 8 heteroatoms. The molecule has 1 N–H and O–H groups in total. The second-order valence-corrected chi connectivity index (χ2v) is 3.84. The standard InChI is InChI=1S/C11H6F4N4/c12-8-5-7(11(13,14)15)10(19-17-3-4-18-19)6-1-2-16-9(6)8/h1-5,16H. The van der Waals surface area contributed by atoms with Crippen LogP contribution in [0.15, 0.2) is 30.7 Å². The molecule has 0 fully saturated rings. The number of rotatable bonds is 1. The number of fused-ring (bicyclic) bond motifs is 1. The summed E-state index contributed by atoms with van der Waals surface area (Å²) in [6, 6.07) is 1.80. The molecule has 0 atom stereocenters. The molecule has 0 aliphatic rings. The first kappa shape index (κ1) is 11.7. The van der Waals surface area contributed by atoms with Gasteiger partial charge in [-0.2, -0.15) is 28.2 Å². The molecule has 2 aromatic heterocycles. The molecule has 0 aliphatic carbocycles. The summed E-state index contributed by atoms with van der Waals surface area (Å²) in [7, 11) is 0. The van der Waals surface area contributed by atoms with Gasteiger partial charge in [-0.25, -0.2) is 4.39 Å². The number of halogens is 4. The predicted molar refractivity (Wildman–Crippen MR) is 58.2 cm³/mol. The summed E-state index contributed by atoms with van der Waals surface area (Å²) in [6.45, 7) is 0. The predicted octanol–water partition coefficient (Wildman–Crippen LogP) is 2.91. The maximum absolute atomic E-state index is 13.7. The Kier molecular flexibility index (Phi) is 2.34. The Hall–Kier alpha value is -2.38. The van der Waals surface area contributed by atoms with Crippen LogP contribution in [0.5, 0.6) is 0 Å². The number of aromatic amines is 1. The summed E-state index contributed by atoms with van der Waals surface area (Å²) >= 11 is 0. The fraction of sp³-hybridized carbons (Fsp3) is 0.0909. The number of hydrogen-bond donors (Lipinski definition) is 1. The molecule has 0 unspecified atom stereocenters. The van der Waals surface area contributed by atoms with Gasteiger partial charge in [0.25, 0.3) is 0 Å². The van der Waals surface area contributed by atoms with Crippen LogP contribution >= 0.6 is 0 Å². The number of benzene rings is 1. The third-order valence-corrected chi connectivity index (χ3v) is 2.69. The molecule has 4 nitrogen and oxygen atoms in total. The van der Waals surface area contributed by atoms with Gasteiger partial charge < -0.3 is 4.98 Å². The Morgan fingerprint density at radius 1 is 1.16 bits per heavy atom. The van der Waals surface area contributed by atoms with E-state index in [1.165, 1.54) is 24.7 Å². The topological polar surface area (TPSA) is 46.5 Å². The van der Waals surface area contributed by atoms with Crippen LogP contribution in [0.2, 0.25) is 0 Å². The van der Waals surface area contributed by atoms with E-state index in [0.717, 1.165) is 4.80 Å². The van der Waals surface area contributed by atoms with E-state index >= 15 is 0 Å². The molecular weight excluding hydrogens is 264 g/mol. The smallest absolute Gasteiger partial charge is 0.359 e. The number of nitrogens with zero attached hydrogens (tertiary/aromatic N) is 3. The minimum atomic E-state index is -4.70. The molecule has 0 saturated heterocycles. The number of aromatic nitrogens is 4. The van der Waals surface area contributed by atoms with E-state index in [0.29, 0.717) is 6.07 Å². The Balaban J connectivity index is 2.45. The van der Waals surface area contributed by atoms with Crippen LogP contribution in [-0.2, 0) is 6.18 Å². The van der Waals surface area contributed by atoms with Gasteiger partial charge in [0, 0.05) is 11.6 Å². The lowest BCUT2D eigenvalue weighted by atomic mass is 10.1. The van der Waals surface area contributed by atoms with Gasteiger partial charge in [0.05, 0.1) is 23.5 Å². The van der Waals surface area contributed by atoms with Crippen molar-refractivity contribution in [3.63, 3.8) is 0 Å². The monoisotopic (exact) mass is 270 g/mol. The SMILES string of the molecule is Fc1cc(C(F)(F)F)c(-n2nccn2)c2cc[nH]c12. The van der Waals surface area contributed by atoms with Gasteiger partial charge in [-0.3, -0.25) is 0 Å². The van der Waals surface area contributed by atoms with E-state index in [1.54, 1.807) is 0 Å². The van der Waals surface area contributed by atoms with Gasteiger partial charge in [-0.1, -0.05) is 0 Å². The van der Waals surface area contributed by atoms with Crippen LogP contribution in [0.4, 0.5) is 17.6 Å². The first-order valence-corrected chi connectivity index (χ1v) is 5.22. The van der Waals surface area contributed by atoms with E-state index in [4.69, 9.17) is 0 Å². The lowest BCUT2D eigenvalue weighted by Gasteiger charge is -2.13. The van der Waals surface area contributed by atoms with E-state index in [9.17, 15) is 17.6 Å². The maximum atomic E-state index is 13.7. The van der Waals surface area contributed by atoms with Crippen LogP contribution in [0.1, 0.15) is 5.56 Å². The van der Waals surface area contributed by atoms with E-state index in [2.05, 4.69) is 15.2 Å². The van der Waals surface area contributed by atoms with Gasteiger partial charge >= 0.3 is 6.18 Å². The summed E-state index contributed by atoms with van der Waals surface area (Å²) in [5.74, 6) is -0.969. The molecule has 3 rings (SSSR count). The number of H-pyrrole nitrogens is 1. The normalized spacial score (nSPS) is 12.2. The number of nitrogens with one attached hydrogen (secondary N) is 1. The molecule has 0 saturated carbocycles. The highest BCUT2D eigenvalue weighted by Gasteiger charge is 2.36. The van der Waals surface area contributed by atoms with Crippen LogP contribution < -0.4 is 0 Å².